The molecule has 1 saturated heterocycles. The number of amides is 1. The molecule has 7 heteroatoms. The van der Waals surface area contributed by atoms with E-state index in [2.05, 4.69) is 17.2 Å². The van der Waals surface area contributed by atoms with Gasteiger partial charge in [0.2, 0.25) is 5.91 Å². The Hall–Kier alpha value is -0.950. The van der Waals surface area contributed by atoms with E-state index in [0.717, 1.165) is 58.9 Å². The van der Waals surface area contributed by atoms with Crippen LogP contribution in [0, 0.1) is 5.92 Å². The van der Waals surface area contributed by atoms with Crippen LogP contribution in [0.25, 0.3) is 9.88 Å². The van der Waals surface area contributed by atoms with Crippen LogP contribution >= 0.6 is 34.3 Å². The molecular formula is C17H22ClN3OS2. The number of halogens is 1. The van der Waals surface area contributed by atoms with Crippen molar-refractivity contribution >= 4 is 40.2 Å². The minimum absolute atomic E-state index is 0.193. The van der Waals surface area contributed by atoms with E-state index in [-0.39, 0.29) is 5.91 Å². The topological polar surface area (TPSA) is 45.2 Å². The number of hydrogen-bond donors (Lipinski definition) is 1. The smallest absolute Gasteiger partial charge is 0.228 e. The van der Waals surface area contributed by atoms with Gasteiger partial charge in [-0.25, -0.2) is 4.98 Å². The summed E-state index contributed by atoms with van der Waals surface area (Å²) in [6, 6.07) is 3.86. The summed E-state index contributed by atoms with van der Waals surface area (Å²) < 4.78 is 0.762. The van der Waals surface area contributed by atoms with Gasteiger partial charge in [-0.1, -0.05) is 18.5 Å². The molecule has 0 spiro atoms. The molecule has 0 radical (unpaired) electrons. The lowest BCUT2D eigenvalue weighted by atomic mass is 9.96. The number of piperidine rings is 1. The van der Waals surface area contributed by atoms with Gasteiger partial charge in [-0.15, -0.1) is 22.7 Å². The number of aromatic nitrogens is 1. The SMILES string of the molecule is CCNCC1CCN(C(=O)Cc2csc(-c3ccc(Cl)s3)n2)CC1. The number of thiophene rings is 1. The molecule has 130 valence electrons. The van der Waals surface area contributed by atoms with Crippen molar-refractivity contribution in [3.8, 4) is 9.88 Å². The third kappa shape index (κ3) is 4.57. The number of hydrogen-bond acceptors (Lipinski definition) is 5. The lowest BCUT2D eigenvalue weighted by molar-refractivity contribution is -0.131. The molecule has 1 N–H and O–H groups in total. The standard InChI is InChI=1S/C17H22ClN3OS2/c1-2-19-10-12-5-7-21(8-6-12)16(22)9-13-11-23-17(20-13)14-3-4-15(18)24-14/h3-4,11-12,19H,2,5-10H2,1H3. The molecule has 0 bridgehead atoms. The van der Waals surface area contributed by atoms with E-state index in [0.29, 0.717) is 12.3 Å². The molecule has 1 amide bonds. The fourth-order valence-electron chi connectivity index (χ4n) is 2.93. The van der Waals surface area contributed by atoms with Crippen molar-refractivity contribution in [2.45, 2.75) is 26.2 Å². The van der Waals surface area contributed by atoms with Crippen LogP contribution in [0.15, 0.2) is 17.5 Å². The molecular weight excluding hydrogens is 362 g/mol. The lowest BCUT2D eigenvalue weighted by Gasteiger charge is -2.32. The van der Waals surface area contributed by atoms with Gasteiger partial charge in [0, 0.05) is 18.5 Å². The van der Waals surface area contributed by atoms with Crippen LogP contribution in [0.3, 0.4) is 0 Å². The van der Waals surface area contributed by atoms with E-state index in [1.807, 2.05) is 22.4 Å². The highest BCUT2D eigenvalue weighted by atomic mass is 35.5. The molecule has 24 heavy (non-hydrogen) atoms. The predicted octanol–water partition coefficient (Wildman–Crippen LogP) is 3.92. The van der Waals surface area contributed by atoms with Crippen molar-refractivity contribution in [2.24, 2.45) is 5.92 Å². The molecule has 3 rings (SSSR count). The first-order valence-corrected chi connectivity index (χ1v) is 10.4. The highest BCUT2D eigenvalue weighted by Gasteiger charge is 2.23. The zero-order chi connectivity index (χ0) is 16.9. The second-order valence-corrected chi connectivity index (χ2v) is 8.63. The summed E-state index contributed by atoms with van der Waals surface area (Å²) >= 11 is 9.07. The van der Waals surface area contributed by atoms with E-state index < -0.39 is 0 Å². The molecule has 0 saturated carbocycles. The van der Waals surface area contributed by atoms with E-state index in [4.69, 9.17) is 11.6 Å². The van der Waals surface area contributed by atoms with Crippen LogP contribution < -0.4 is 5.32 Å². The molecule has 1 aliphatic heterocycles. The van der Waals surface area contributed by atoms with Gasteiger partial charge in [-0.3, -0.25) is 4.79 Å². The Balaban J connectivity index is 1.51. The summed E-state index contributed by atoms with van der Waals surface area (Å²) in [4.78, 5) is 20.1. The first kappa shape index (κ1) is 17.9. The maximum atomic E-state index is 12.5. The van der Waals surface area contributed by atoms with Crippen molar-refractivity contribution in [2.75, 3.05) is 26.2 Å². The third-order valence-electron chi connectivity index (χ3n) is 4.32. The van der Waals surface area contributed by atoms with E-state index >= 15 is 0 Å². The Morgan fingerprint density at radius 2 is 2.21 bits per heavy atom. The summed E-state index contributed by atoms with van der Waals surface area (Å²) in [5.74, 6) is 0.890. The lowest BCUT2D eigenvalue weighted by Crippen LogP contribution is -2.41. The van der Waals surface area contributed by atoms with Gasteiger partial charge in [0.05, 0.1) is 21.3 Å². The summed E-state index contributed by atoms with van der Waals surface area (Å²) in [7, 11) is 0. The average Bonchev–Trinajstić information content (AvgIpc) is 3.22. The molecule has 3 heterocycles. The van der Waals surface area contributed by atoms with Gasteiger partial charge in [0.25, 0.3) is 0 Å². The number of likely N-dealkylation sites (tertiary alicyclic amines) is 1. The Morgan fingerprint density at radius 3 is 2.88 bits per heavy atom. The minimum atomic E-state index is 0.193. The zero-order valence-electron chi connectivity index (χ0n) is 13.8. The maximum Gasteiger partial charge on any atom is 0.228 e. The van der Waals surface area contributed by atoms with E-state index in [1.54, 1.807) is 11.3 Å². The fourth-order valence-corrected chi connectivity index (χ4v) is 4.87. The van der Waals surface area contributed by atoms with Crippen LogP contribution in [0.1, 0.15) is 25.5 Å². The van der Waals surface area contributed by atoms with E-state index in [1.165, 1.54) is 11.3 Å². The van der Waals surface area contributed by atoms with Crippen molar-refractivity contribution in [1.82, 2.24) is 15.2 Å². The van der Waals surface area contributed by atoms with Crippen LogP contribution in [0.5, 0.6) is 0 Å². The van der Waals surface area contributed by atoms with Gasteiger partial charge < -0.3 is 10.2 Å². The summed E-state index contributed by atoms with van der Waals surface area (Å²) in [6.07, 6.45) is 2.58. The molecule has 1 aliphatic rings. The Labute approximate surface area is 155 Å². The third-order valence-corrected chi connectivity index (χ3v) is 6.61. The van der Waals surface area contributed by atoms with Crippen LogP contribution in [-0.2, 0) is 11.2 Å². The van der Waals surface area contributed by atoms with Crippen molar-refractivity contribution in [3.05, 3.63) is 27.5 Å². The molecule has 0 unspecified atom stereocenters. The summed E-state index contributed by atoms with van der Waals surface area (Å²) in [6.45, 7) is 5.95. The zero-order valence-corrected chi connectivity index (χ0v) is 16.1. The van der Waals surface area contributed by atoms with E-state index in [9.17, 15) is 4.79 Å². The van der Waals surface area contributed by atoms with Crippen molar-refractivity contribution in [3.63, 3.8) is 0 Å². The average molecular weight is 384 g/mol. The molecule has 4 nitrogen and oxygen atoms in total. The van der Waals surface area contributed by atoms with Crippen LogP contribution in [0.4, 0.5) is 0 Å². The largest absolute Gasteiger partial charge is 0.342 e. The second-order valence-electron chi connectivity index (χ2n) is 6.06. The number of nitrogens with one attached hydrogen (secondary N) is 1. The Bertz CT molecular complexity index is 677. The Kier molecular flexibility index (Phi) is 6.27. The van der Waals surface area contributed by atoms with Crippen molar-refractivity contribution < 1.29 is 4.79 Å². The van der Waals surface area contributed by atoms with Crippen LogP contribution in [-0.4, -0.2) is 42.0 Å². The number of rotatable bonds is 6. The van der Waals surface area contributed by atoms with Gasteiger partial charge >= 0.3 is 0 Å². The molecule has 0 atom stereocenters. The maximum absolute atomic E-state index is 12.5. The van der Waals surface area contributed by atoms with Gasteiger partial charge in [0.15, 0.2) is 0 Å². The normalized spacial score (nSPS) is 15.8. The fraction of sp³-hybridized carbons (Fsp3) is 0.529. The summed E-state index contributed by atoms with van der Waals surface area (Å²) in [5.41, 5.74) is 0.860. The Morgan fingerprint density at radius 1 is 1.42 bits per heavy atom. The summed E-state index contributed by atoms with van der Waals surface area (Å²) in [5, 5.41) is 6.33. The minimum Gasteiger partial charge on any atom is -0.342 e. The monoisotopic (exact) mass is 383 g/mol. The predicted molar refractivity (Wildman–Crippen MR) is 102 cm³/mol. The van der Waals surface area contributed by atoms with Gasteiger partial charge in [0.1, 0.15) is 5.01 Å². The van der Waals surface area contributed by atoms with Gasteiger partial charge in [-0.05, 0) is 44.0 Å². The number of nitrogens with zero attached hydrogens (tertiary/aromatic N) is 2. The number of carbonyl (C=O) groups is 1. The molecule has 2 aromatic rings. The molecule has 1 fully saturated rings. The second kappa shape index (κ2) is 8.43. The highest BCUT2D eigenvalue weighted by molar-refractivity contribution is 7.23. The molecule has 0 aliphatic carbocycles. The van der Waals surface area contributed by atoms with Crippen LogP contribution in [0.2, 0.25) is 4.34 Å². The quantitative estimate of drug-likeness (QED) is 0.822. The van der Waals surface area contributed by atoms with Crippen molar-refractivity contribution in [1.29, 1.82) is 0 Å². The number of carbonyl (C=O) groups excluding carboxylic acids is 1. The first-order chi connectivity index (χ1) is 11.7. The number of thiazole rings is 1. The van der Waals surface area contributed by atoms with Gasteiger partial charge in [-0.2, -0.15) is 0 Å². The molecule has 0 aromatic carbocycles. The first-order valence-electron chi connectivity index (χ1n) is 8.34. The highest BCUT2D eigenvalue weighted by Crippen LogP contribution is 2.33. The molecule has 2 aromatic heterocycles.